The van der Waals surface area contributed by atoms with Crippen LogP contribution in [0.4, 0.5) is 8.78 Å². The van der Waals surface area contributed by atoms with E-state index in [-0.39, 0.29) is 27.8 Å². The summed E-state index contributed by atoms with van der Waals surface area (Å²) in [6, 6.07) is 0. The Morgan fingerprint density at radius 3 is 2.68 bits per heavy atom. The molecule has 3 aromatic heterocycles. The van der Waals surface area contributed by atoms with Crippen LogP contribution in [0.5, 0.6) is 0 Å². The average Bonchev–Trinajstić information content (AvgIpc) is 3.36. The number of aromatic nitrogens is 5. The summed E-state index contributed by atoms with van der Waals surface area (Å²) < 4.78 is 52.5. The fourth-order valence-electron chi connectivity index (χ4n) is 3.39. The molecule has 0 spiro atoms. The van der Waals surface area contributed by atoms with Crippen LogP contribution in [0.25, 0.3) is 5.69 Å². The highest BCUT2D eigenvalue weighted by Gasteiger charge is 2.45. The molecule has 28 heavy (non-hydrogen) atoms. The molecule has 1 aliphatic carbocycles. The number of hydrogen-bond donors (Lipinski definition) is 0. The van der Waals surface area contributed by atoms with Crippen molar-refractivity contribution in [3.8, 4) is 5.69 Å². The van der Waals surface area contributed by atoms with Gasteiger partial charge in [0.15, 0.2) is 11.0 Å². The summed E-state index contributed by atoms with van der Waals surface area (Å²) in [6.07, 6.45) is 2.90. The third-order valence-electron chi connectivity index (χ3n) is 4.86. The number of aryl methyl sites for hydroxylation is 3. The SMILES string of the molecule is [2H]C([2H])([2H])n1ncc([C@H]2C[C@@H]2c2nc(C)n(-c3c(C)cnc(Cl)c3F)c(=O)c2Cl)c1F. The van der Waals surface area contributed by atoms with E-state index in [1.165, 1.54) is 13.1 Å². The van der Waals surface area contributed by atoms with Gasteiger partial charge in [-0.3, -0.25) is 9.36 Å². The molecule has 2 atom stereocenters. The van der Waals surface area contributed by atoms with Crippen LogP contribution in [0.1, 0.15) is 45.0 Å². The van der Waals surface area contributed by atoms with Gasteiger partial charge < -0.3 is 0 Å². The van der Waals surface area contributed by atoms with Gasteiger partial charge in [0.2, 0.25) is 5.95 Å². The lowest BCUT2D eigenvalue weighted by Crippen LogP contribution is -2.26. The zero-order valence-corrected chi connectivity index (χ0v) is 16.2. The summed E-state index contributed by atoms with van der Waals surface area (Å²) in [5.41, 5.74) is -0.0759. The van der Waals surface area contributed by atoms with Crippen molar-refractivity contribution in [3.05, 3.63) is 67.3 Å². The van der Waals surface area contributed by atoms with Gasteiger partial charge in [-0.2, -0.15) is 9.49 Å². The topological polar surface area (TPSA) is 65.6 Å². The Morgan fingerprint density at radius 1 is 1.25 bits per heavy atom. The largest absolute Gasteiger partial charge is 0.277 e. The van der Waals surface area contributed by atoms with E-state index in [0.717, 1.165) is 10.8 Å². The van der Waals surface area contributed by atoms with Gasteiger partial charge in [0.1, 0.15) is 10.8 Å². The molecule has 1 fully saturated rings. The predicted octanol–water partition coefficient (Wildman–Crippen LogP) is 3.83. The minimum absolute atomic E-state index is 0.0965. The molecule has 10 heteroatoms. The molecule has 0 saturated heterocycles. The van der Waals surface area contributed by atoms with Gasteiger partial charge in [-0.1, -0.05) is 23.2 Å². The number of pyridine rings is 1. The first kappa shape index (κ1) is 15.6. The van der Waals surface area contributed by atoms with Crippen molar-refractivity contribution in [1.29, 1.82) is 0 Å². The van der Waals surface area contributed by atoms with Gasteiger partial charge in [0.25, 0.3) is 5.56 Å². The highest BCUT2D eigenvalue weighted by molar-refractivity contribution is 6.31. The Labute approximate surface area is 173 Å². The third-order valence-corrected chi connectivity index (χ3v) is 5.48. The van der Waals surface area contributed by atoms with Crippen LogP contribution in [-0.2, 0) is 6.98 Å². The zero-order valence-electron chi connectivity index (χ0n) is 17.7. The summed E-state index contributed by atoms with van der Waals surface area (Å²) in [5.74, 6) is -2.49. The average molecular weight is 429 g/mol. The van der Waals surface area contributed by atoms with Crippen molar-refractivity contribution in [2.24, 2.45) is 6.98 Å². The van der Waals surface area contributed by atoms with Gasteiger partial charge in [0, 0.05) is 28.8 Å². The molecule has 6 nitrogen and oxygen atoms in total. The van der Waals surface area contributed by atoms with Crippen LogP contribution >= 0.6 is 23.2 Å². The zero-order chi connectivity index (χ0) is 22.8. The third kappa shape index (κ3) is 2.82. The minimum atomic E-state index is -2.74. The van der Waals surface area contributed by atoms with Gasteiger partial charge >= 0.3 is 0 Å². The van der Waals surface area contributed by atoms with Crippen molar-refractivity contribution >= 4 is 23.2 Å². The predicted molar refractivity (Wildman–Crippen MR) is 100 cm³/mol. The van der Waals surface area contributed by atoms with Gasteiger partial charge in [-0.25, -0.2) is 19.0 Å². The molecule has 146 valence electrons. The van der Waals surface area contributed by atoms with Crippen molar-refractivity contribution in [1.82, 2.24) is 24.3 Å². The molecule has 3 aromatic rings. The van der Waals surface area contributed by atoms with Crippen LogP contribution in [-0.4, -0.2) is 24.3 Å². The molecule has 0 bridgehead atoms. The van der Waals surface area contributed by atoms with Gasteiger partial charge in [-0.05, 0) is 31.7 Å². The fraction of sp³-hybridized carbons (Fsp3) is 0.333. The van der Waals surface area contributed by atoms with E-state index in [1.54, 1.807) is 6.92 Å². The normalized spacial score (nSPS) is 20.6. The van der Waals surface area contributed by atoms with Crippen molar-refractivity contribution in [3.63, 3.8) is 0 Å². The summed E-state index contributed by atoms with van der Waals surface area (Å²) in [7, 11) is 0. The van der Waals surface area contributed by atoms with E-state index in [4.69, 9.17) is 27.3 Å². The number of rotatable bonds is 3. The second-order valence-electron chi connectivity index (χ2n) is 6.64. The Balaban J connectivity index is 1.75. The van der Waals surface area contributed by atoms with E-state index in [1.807, 2.05) is 0 Å². The van der Waals surface area contributed by atoms with Crippen LogP contribution in [0.15, 0.2) is 17.2 Å². The first-order valence-corrected chi connectivity index (χ1v) is 9.03. The number of nitrogens with zero attached hydrogens (tertiary/aromatic N) is 5. The van der Waals surface area contributed by atoms with Crippen molar-refractivity contribution in [2.75, 3.05) is 0 Å². The van der Waals surface area contributed by atoms with E-state index in [2.05, 4.69) is 15.1 Å². The summed E-state index contributed by atoms with van der Waals surface area (Å²) in [6.45, 7) is 0.338. The van der Waals surface area contributed by atoms with E-state index in [9.17, 15) is 13.6 Å². The standard InChI is InChI=1S/C18H15Cl2F2N5O/c1-7-5-23-16(20)13(21)15(7)27-8(2)25-14(12(19)18(27)28)10-4-9(10)11-6-24-26(3)17(11)22/h5-6,9-10H,4H2,1-3H3/t9-,10-/m0/s1/i3D3. The molecule has 3 heterocycles. The first-order valence-electron chi connectivity index (χ1n) is 9.77. The molecule has 0 unspecified atom stereocenters. The Hall–Kier alpha value is -2.32. The lowest BCUT2D eigenvalue weighted by molar-refractivity contribution is 0.495. The number of hydrogen-bond acceptors (Lipinski definition) is 4. The molecule has 0 aliphatic heterocycles. The quantitative estimate of drug-likeness (QED) is 0.594. The van der Waals surface area contributed by atoms with Crippen molar-refractivity contribution in [2.45, 2.75) is 32.1 Å². The van der Waals surface area contributed by atoms with Crippen molar-refractivity contribution < 1.29 is 12.9 Å². The summed E-state index contributed by atoms with van der Waals surface area (Å²) in [5, 5.41) is 2.99. The maximum Gasteiger partial charge on any atom is 0.277 e. The van der Waals surface area contributed by atoms with Crippen LogP contribution < -0.4 is 5.56 Å². The lowest BCUT2D eigenvalue weighted by atomic mass is 10.1. The fourth-order valence-corrected chi connectivity index (χ4v) is 3.79. The van der Waals surface area contributed by atoms with Gasteiger partial charge in [0.05, 0.1) is 17.6 Å². The molecule has 0 aromatic carbocycles. The molecule has 0 radical (unpaired) electrons. The molecular formula is C18H15Cl2F2N5O. The Kier molecular flexibility index (Phi) is 3.69. The minimum Gasteiger partial charge on any atom is -0.267 e. The molecule has 1 saturated carbocycles. The van der Waals surface area contributed by atoms with Crippen LogP contribution in [0.2, 0.25) is 10.2 Å². The second kappa shape index (κ2) is 6.63. The monoisotopic (exact) mass is 428 g/mol. The molecule has 0 amide bonds. The molecule has 0 N–H and O–H groups in total. The molecule has 1 aliphatic rings. The van der Waals surface area contributed by atoms with E-state index >= 15 is 0 Å². The van der Waals surface area contributed by atoms with E-state index < -0.39 is 41.3 Å². The summed E-state index contributed by atoms with van der Waals surface area (Å²) >= 11 is 12.1. The highest BCUT2D eigenvalue weighted by atomic mass is 35.5. The first-order chi connectivity index (χ1) is 14.4. The Morgan fingerprint density at radius 2 is 2.00 bits per heavy atom. The molecular weight excluding hydrogens is 411 g/mol. The molecule has 4 rings (SSSR count). The maximum atomic E-state index is 14.6. The maximum absolute atomic E-state index is 14.6. The highest BCUT2D eigenvalue weighted by Crippen LogP contribution is 2.55. The van der Waals surface area contributed by atoms with Crippen LogP contribution in [0.3, 0.4) is 0 Å². The number of halogens is 4. The summed E-state index contributed by atoms with van der Waals surface area (Å²) in [4.78, 5) is 21.1. The smallest absolute Gasteiger partial charge is 0.267 e. The van der Waals surface area contributed by atoms with Gasteiger partial charge in [-0.15, -0.1) is 0 Å². The second-order valence-corrected chi connectivity index (χ2v) is 7.38. The van der Waals surface area contributed by atoms with Crippen LogP contribution in [0, 0.1) is 25.6 Å². The lowest BCUT2D eigenvalue weighted by Gasteiger charge is -2.15. The van der Waals surface area contributed by atoms with E-state index in [0.29, 0.717) is 16.7 Å². The Bertz CT molecular complexity index is 1270.